The Morgan fingerprint density at radius 2 is 2.23 bits per heavy atom. The van der Waals surface area contributed by atoms with Gasteiger partial charge in [-0.1, -0.05) is 12.7 Å². The molecule has 2 N–H and O–H groups in total. The zero-order valence-electron chi connectivity index (χ0n) is 6.73. The van der Waals surface area contributed by atoms with Crippen LogP contribution in [0.3, 0.4) is 0 Å². The highest BCUT2D eigenvalue weighted by molar-refractivity contribution is 5.91. The van der Waals surface area contributed by atoms with E-state index >= 15 is 0 Å². The lowest BCUT2D eigenvalue weighted by molar-refractivity contribution is -0.132. The quantitative estimate of drug-likeness (QED) is 0.656. The van der Waals surface area contributed by atoms with Crippen molar-refractivity contribution in [2.75, 3.05) is 0 Å². The molecule has 0 radical (unpaired) electrons. The van der Waals surface area contributed by atoms with Gasteiger partial charge < -0.3 is 5.11 Å². The maximum atomic E-state index is 10.5. The van der Waals surface area contributed by atoms with E-state index in [1.54, 1.807) is 18.2 Å². The molecule has 1 rings (SSSR count). The lowest BCUT2D eigenvalue weighted by Gasteiger charge is -2.03. The van der Waals surface area contributed by atoms with E-state index in [0.29, 0.717) is 5.70 Å². The number of aliphatic carboxylic acids is 1. The molecule has 0 spiro atoms. The van der Waals surface area contributed by atoms with Gasteiger partial charge in [0.1, 0.15) is 0 Å². The molecule has 0 saturated carbocycles. The summed E-state index contributed by atoms with van der Waals surface area (Å²) in [5, 5.41) is 12.3. The SMILES string of the molecule is C=C(C(=O)O)C1=CC=CC=NN1.Cl. The summed E-state index contributed by atoms with van der Waals surface area (Å²) in [6, 6.07) is 0. The Labute approximate surface area is 81.7 Å². The molecule has 4 nitrogen and oxygen atoms in total. The van der Waals surface area contributed by atoms with Crippen LogP contribution in [0.15, 0.2) is 41.2 Å². The minimum atomic E-state index is -1.06. The molecule has 0 amide bonds. The van der Waals surface area contributed by atoms with Crippen molar-refractivity contribution in [2.45, 2.75) is 0 Å². The number of carboxylic acid groups (broad SMARTS) is 1. The van der Waals surface area contributed by atoms with Gasteiger partial charge in [-0.05, 0) is 12.2 Å². The van der Waals surface area contributed by atoms with E-state index in [0.717, 1.165) is 0 Å². The zero-order valence-corrected chi connectivity index (χ0v) is 7.54. The summed E-state index contributed by atoms with van der Waals surface area (Å²) in [6.45, 7) is 3.38. The summed E-state index contributed by atoms with van der Waals surface area (Å²) in [5.74, 6) is -1.06. The van der Waals surface area contributed by atoms with Crippen LogP contribution >= 0.6 is 12.4 Å². The van der Waals surface area contributed by atoms with Crippen LogP contribution in [-0.2, 0) is 4.79 Å². The molecule has 0 bridgehead atoms. The van der Waals surface area contributed by atoms with Gasteiger partial charge in [-0.3, -0.25) is 5.43 Å². The van der Waals surface area contributed by atoms with Crippen molar-refractivity contribution in [3.63, 3.8) is 0 Å². The van der Waals surface area contributed by atoms with E-state index in [-0.39, 0.29) is 18.0 Å². The van der Waals surface area contributed by atoms with Crippen LogP contribution < -0.4 is 5.43 Å². The fourth-order valence-corrected chi connectivity index (χ4v) is 0.672. The maximum absolute atomic E-state index is 10.5. The van der Waals surface area contributed by atoms with Crippen LogP contribution in [0.2, 0.25) is 0 Å². The Morgan fingerprint density at radius 1 is 1.54 bits per heavy atom. The third-order valence-electron chi connectivity index (χ3n) is 1.30. The molecule has 0 saturated heterocycles. The van der Waals surface area contributed by atoms with Gasteiger partial charge in [-0.2, -0.15) is 5.10 Å². The monoisotopic (exact) mass is 200 g/mol. The second-order valence-corrected chi connectivity index (χ2v) is 2.14. The van der Waals surface area contributed by atoms with Crippen molar-refractivity contribution >= 4 is 24.6 Å². The number of allylic oxidation sites excluding steroid dienone is 3. The Kier molecular flexibility index (Phi) is 4.54. The Bertz CT molecular complexity index is 305. The number of rotatable bonds is 2. The number of hydrogen-bond donors (Lipinski definition) is 2. The number of hydrazone groups is 1. The number of carboxylic acids is 1. The van der Waals surface area contributed by atoms with Gasteiger partial charge in [0.15, 0.2) is 0 Å². The highest BCUT2D eigenvalue weighted by Gasteiger charge is 2.08. The molecule has 1 aliphatic rings. The lowest BCUT2D eigenvalue weighted by atomic mass is 10.2. The van der Waals surface area contributed by atoms with Gasteiger partial charge in [-0.15, -0.1) is 12.4 Å². The van der Waals surface area contributed by atoms with Crippen LogP contribution in [0.5, 0.6) is 0 Å². The molecule has 0 atom stereocenters. The predicted octanol–water partition coefficient (Wildman–Crippen LogP) is 1.08. The molecule has 0 aliphatic carbocycles. The van der Waals surface area contributed by atoms with Gasteiger partial charge in [-0.25, -0.2) is 4.79 Å². The van der Waals surface area contributed by atoms with Gasteiger partial charge >= 0.3 is 5.97 Å². The molecule has 0 fully saturated rings. The lowest BCUT2D eigenvalue weighted by Crippen LogP contribution is -2.12. The first-order chi connectivity index (χ1) is 5.72. The van der Waals surface area contributed by atoms with Crippen molar-refractivity contribution in [3.8, 4) is 0 Å². The van der Waals surface area contributed by atoms with Crippen molar-refractivity contribution in [3.05, 3.63) is 36.1 Å². The standard InChI is InChI=1S/C8H8N2O2.ClH/c1-6(8(11)12)7-4-2-3-5-9-10-7;/h2-5,10H,1H2,(H,11,12);1H. The summed E-state index contributed by atoms with van der Waals surface area (Å²) < 4.78 is 0. The normalized spacial score (nSPS) is 13.4. The topological polar surface area (TPSA) is 61.7 Å². The van der Waals surface area contributed by atoms with E-state index in [1.165, 1.54) is 6.21 Å². The largest absolute Gasteiger partial charge is 0.478 e. The minimum absolute atomic E-state index is 0. The first kappa shape index (κ1) is 11.4. The second-order valence-electron chi connectivity index (χ2n) is 2.14. The number of carbonyl (C=O) groups is 1. The summed E-state index contributed by atoms with van der Waals surface area (Å²) in [7, 11) is 0. The zero-order chi connectivity index (χ0) is 8.97. The average molecular weight is 201 g/mol. The van der Waals surface area contributed by atoms with Crippen LogP contribution in [0.4, 0.5) is 0 Å². The van der Waals surface area contributed by atoms with E-state index < -0.39 is 5.97 Å². The van der Waals surface area contributed by atoms with Crippen LogP contribution in [0.25, 0.3) is 0 Å². The van der Waals surface area contributed by atoms with E-state index in [1.807, 2.05) is 0 Å². The smallest absolute Gasteiger partial charge is 0.337 e. The number of nitrogens with zero attached hydrogens (tertiary/aromatic N) is 1. The average Bonchev–Trinajstić information content (AvgIpc) is 2.30. The summed E-state index contributed by atoms with van der Waals surface area (Å²) in [5.41, 5.74) is 2.94. The highest BCUT2D eigenvalue weighted by atomic mass is 35.5. The fourth-order valence-electron chi connectivity index (χ4n) is 0.672. The third-order valence-corrected chi connectivity index (χ3v) is 1.30. The van der Waals surface area contributed by atoms with E-state index in [9.17, 15) is 4.79 Å². The Balaban J connectivity index is 0.00000144. The number of hydrogen-bond acceptors (Lipinski definition) is 3. The molecular weight excluding hydrogens is 192 g/mol. The van der Waals surface area contributed by atoms with Crippen LogP contribution in [-0.4, -0.2) is 17.3 Å². The summed E-state index contributed by atoms with van der Waals surface area (Å²) in [4.78, 5) is 10.5. The van der Waals surface area contributed by atoms with Crippen molar-refractivity contribution in [1.29, 1.82) is 0 Å². The molecule has 5 heteroatoms. The van der Waals surface area contributed by atoms with Gasteiger partial charge in [0.05, 0.1) is 11.3 Å². The predicted molar refractivity (Wildman–Crippen MR) is 52.9 cm³/mol. The molecule has 1 aliphatic heterocycles. The number of halogens is 1. The summed E-state index contributed by atoms with van der Waals surface area (Å²) >= 11 is 0. The molecular formula is C8H9ClN2O2. The van der Waals surface area contributed by atoms with Crippen LogP contribution in [0, 0.1) is 0 Å². The Morgan fingerprint density at radius 3 is 2.85 bits per heavy atom. The molecule has 0 aromatic carbocycles. The van der Waals surface area contributed by atoms with Crippen molar-refractivity contribution < 1.29 is 9.90 Å². The van der Waals surface area contributed by atoms with Crippen molar-refractivity contribution in [1.82, 2.24) is 5.43 Å². The van der Waals surface area contributed by atoms with Gasteiger partial charge in [0, 0.05) is 6.21 Å². The first-order valence-electron chi connectivity index (χ1n) is 3.30. The van der Waals surface area contributed by atoms with Crippen molar-refractivity contribution in [2.24, 2.45) is 5.10 Å². The first-order valence-corrected chi connectivity index (χ1v) is 3.30. The number of nitrogens with one attached hydrogen (secondary N) is 1. The molecule has 0 aromatic heterocycles. The van der Waals surface area contributed by atoms with Crippen LogP contribution in [0.1, 0.15) is 0 Å². The van der Waals surface area contributed by atoms with E-state index in [2.05, 4.69) is 17.1 Å². The Hall–Kier alpha value is -1.55. The highest BCUT2D eigenvalue weighted by Crippen LogP contribution is 2.05. The fraction of sp³-hybridized carbons (Fsp3) is 0. The van der Waals surface area contributed by atoms with E-state index in [4.69, 9.17) is 5.11 Å². The maximum Gasteiger partial charge on any atom is 0.337 e. The molecule has 1 heterocycles. The second kappa shape index (κ2) is 5.16. The molecule has 70 valence electrons. The molecule has 0 aromatic rings. The summed E-state index contributed by atoms with van der Waals surface area (Å²) in [6.07, 6.45) is 6.50. The minimum Gasteiger partial charge on any atom is -0.478 e. The van der Waals surface area contributed by atoms with Gasteiger partial charge in [0.25, 0.3) is 0 Å². The third kappa shape index (κ3) is 3.13. The molecule has 0 unspecified atom stereocenters. The molecule has 13 heavy (non-hydrogen) atoms. The van der Waals surface area contributed by atoms with Gasteiger partial charge in [0.2, 0.25) is 0 Å².